The highest BCUT2D eigenvalue weighted by molar-refractivity contribution is 5.85. The van der Waals surface area contributed by atoms with E-state index in [1.807, 2.05) is 24.3 Å². The quantitative estimate of drug-likeness (QED) is 0.734. The van der Waals surface area contributed by atoms with E-state index in [1.165, 1.54) is 18.4 Å². The lowest BCUT2D eigenvalue weighted by Gasteiger charge is -2.20. The lowest BCUT2D eigenvalue weighted by Crippen LogP contribution is -2.28. The number of carbonyl (C=O) groups is 1. The van der Waals surface area contributed by atoms with E-state index in [-0.39, 0.29) is 6.61 Å². The Hall–Kier alpha value is -1.65. The second-order valence-electron chi connectivity index (χ2n) is 4.84. The van der Waals surface area contributed by atoms with Crippen LogP contribution in [0.1, 0.15) is 24.0 Å². The van der Waals surface area contributed by atoms with Crippen molar-refractivity contribution in [2.75, 3.05) is 13.2 Å². The molecule has 0 unspecified atom stereocenters. The molecule has 0 bridgehead atoms. The number of rotatable bonds is 7. The molecule has 1 aromatic rings. The minimum absolute atomic E-state index is 0.190. The first-order chi connectivity index (χ1) is 9.19. The van der Waals surface area contributed by atoms with Gasteiger partial charge in [-0.1, -0.05) is 24.3 Å². The molecular weight excluding hydrogens is 242 g/mol. The first-order valence-corrected chi connectivity index (χ1v) is 6.54. The lowest BCUT2D eigenvalue weighted by atomic mass is 10.1. The third kappa shape index (κ3) is 4.50. The summed E-state index contributed by atoms with van der Waals surface area (Å²) in [4.78, 5) is 12.7. The van der Waals surface area contributed by atoms with Gasteiger partial charge >= 0.3 is 5.97 Å². The average Bonchev–Trinajstić information content (AvgIpc) is 3.21. The molecular formula is C15H19NO3. The maximum atomic E-state index is 10.4. The van der Waals surface area contributed by atoms with Crippen LogP contribution in [0.3, 0.4) is 0 Å². The topological polar surface area (TPSA) is 60.8 Å². The smallest absolute Gasteiger partial charge is 0.328 e. The van der Waals surface area contributed by atoms with Crippen LogP contribution in [0.15, 0.2) is 30.3 Å². The zero-order valence-electron chi connectivity index (χ0n) is 10.8. The SMILES string of the molecule is O=C(O)/C=C/c1ccc(CN(CCO)C2CC2)cc1. The van der Waals surface area contributed by atoms with Crippen LogP contribution in [-0.4, -0.2) is 40.3 Å². The summed E-state index contributed by atoms with van der Waals surface area (Å²) in [5, 5.41) is 17.6. The largest absolute Gasteiger partial charge is 0.478 e. The van der Waals surface area contributed by atoms with Crippen LogP contribution in [0.25, 0.3) is 6.08 Å². The highest BCUT2D eigenvalue weighted by Crippen LogP contribution is 2.27. The van der Waals surface area contributed by atoms with Crippen molar-refractivity contribution in [2.24, 2.45) is 0 Å². The van der Waals surface area contributed by atoms with Crippen molar-refractivity contribution in [1.82, 2.24) is 4.90 Å². The summed E-state index contributed by atoms with van der Waals surface area (Å²) in [5.74, 6) is -0.938. The van der Waals surface area contributed by atoms with Gasteiger partial charge in [0.15, 0.2) is 0 Å². The predicted octanol–water partition coefficient (Wildman–Crippen LogP) is 1.74. The van der Waals surface area contributed by atoms with Gasteiger partial charge in [0.05, 0.1) is 6.61 Å². The number of carboxylic acids is 1. The predicted molar refractivity (Wildman–Crippen MR) is 73.6 cm³/mol. The summed E-state index contributed by atoms with van der Waals surface area (Å²) in [6.07, 6.45) is 5.16. The van der Waals surface area contributed by atoms with Crippen LogP contribution in [-0.2, 0) is 11.3 Å². The van der Waals surface area contributed by atoms with E-state index in [0.29, 0.717) is 12.6 Å². The molecule has 0 atom stereocenters. The van der Waals surface area contributed by atoms with Gasteiger partial charge in [-0.25, -0.2) is 4.79 Å². The molecule has 0 spiro atoms. The van der Waals surface area contributed by atoms with E-state index in [2.05, 4.69) is 4.90 Å². The van der Waals surface area contributed by atoms with Gasteiger partial charge in [-0.15, -0.1) is 0 Å². The fraction of sp³-hybridized carbons (Fsp3) is 0.400. The molecule has 19 heavy (non-hydrogen) atoms. The molecule has 0 radical (unpaired) electrons. The Morgan fingerprint density at radius 3 is 2.53 bits per heavy atom. The van der Waals surface area contributed by atoms with Gasteiger partial charge in [-0.05, 0) is 30.0 Å². The average molecular weight is 261 g/mol. The monoisotopic (exact) mass is 261 g/mol. The fourth-order valence-electron chi connectivity index (χ4n) is 2.10. The molecule has 0 aromatic heterocycles. The summed E-state index contributed by atoms with van der Waals surface area (Å²) in [5.41, 5.74) is 2.07. The minimum Gasteiger partial charge on any atom is -0.478 e. The van der Waals surface area contributed by atoms with Crippen molar-refractivity contribution in [3.05, 3.63) is 41.5 Å². The number of hydrogen-bond donors (Lipinski definition) is 2. The third-order valence-corrected chi connectivity index (χ3v) is 3.23. The number of hydrogen-bond acceptors (Lipinski definition) is 3. The molecule has 0 heterocycles. The molecule has 102 valence electrons. The fourth-order valence-corrected chi connectivity index (χ4v) is 2.10. The van der Waals surface area contributed by atoms with Crippen LogP contribution >= 0.6 is 0 Å². The Morgan fingerprint density at radius 1 is 1.32 bits per heavy atom. The molecule has 0 aliphatic heterocycles. The van der Waals surface area contributed by atoms with Gasteiger partial charge in [0.1, 0.15) is 0 Å². The van der Waals surface area contributed by atoms with Crippen LogP contribution < -0.4 is 0 Å². The van der Waals surface area contributed by atoms with Crippen LogP contribution in [0.5, 0.6) is 0 Å². The van der Waals surface area contributed by atoms with E-state index in [4.69, 9.17) is 10.2 Å². The molecule has 1 aliphatic carbocycles. The maximum absolute atomic E-state index is 10.4. The van der Waals surface area contributed by atoms with Gasteiger partial charge in [-0.2, -0.15) is 0 Å². The lowest BCUT2D eigenvalue weighted by molar-refractivity contribution is -0.131. The molecule has 2 rings (SSSR count). The molecule has 0 amide bonds. The second kappa shape index (κ2) is 6.50. The van der Waals surface area contributed by atoms with Crippen molar-refractivity contribution in [1.29, 1.82) is 0 Å². The van der Waals surface area contributed by atoms with Crippen molar-refractivity contribution in [3.63, 3.8) is 0 Å². The Bertz CT molecular complexity index is 449. The van der Waals surface area contributed by atoms with Crippen molar-refractivity contribution >= 4 is 12.0 Å². The van der Waals surface area contributed by atoms with E-state index in [9.17, 15) is 4.79 Å². The zero-order valence-corrected chi connectivity index (χ0v) is 10.8. The number of aliphatic carboxylic acids is 1. The molecule has 1 aliphatic rings. The number of benzene rings is 1. The molecule has 0 saturated heterocycles. The Labute approximate surface area is 113 Å². The first kappa shape index (κ1) is 13.8. The van der Waals surface area contributed by atoms with Gasteiger partial charge < -0.3 is 10.2 Å². The summed E-state index contributed by atoms with van der Waals surface area (Å²) < 4.78 is 0. The van der Waals surface area contributed by atoms with Crippen LogP contribution in [0.2, 0.25) is 0 Å². The van der Waals surface area contributed by atoms with Crippen molar-refractivity contribution in [2.45, 2.75) is 25.4 Å². The summed E-state index contributed by atoms with van der Waals surface area (Å²) in [6, 6.07) is 8.47. The Balaban J connectivity index is 1.95. The number of carboxylic acid groups (broad SMARTS) is 1. The van der Waals surface area contributed by atoms with Crippen molar-refractivity contribution in [3.8, 4) is 0 Å². The van der Waals surface area contributed by atoms with Gasteiger partial charge in [-0.3, -0.25) is 4.90 Å². The van der Waals surface area contributed by atoms with E-state index in [0.717, 1.165) is 18.2 Å². The second-order valence-corrected chi connectivity index (χ2v) is 4.84. The molecule has 1 saturated carbocycles. The van der Waals surface area contributed by atoms with E-state index in [1.54, 1.807) is 6.08 Å². The molecule has 1 aromatic carbocycles. The van der Waals surface area contributed by atoms with Crippen molar-refractivity contribution < 1.29 is 15.0 Å². The summed E-state index contributed by atoms with van der Waals surface area (Å²) >= 11 is 0. The summed E-state index contributed by atoms with van der Waals surface area (Å²) in [6.45, 7) is 1.75. The Morgan fingerprint density at radius 2 is 2.00 bits per heavy atom. The first-order valence-electron chi connectivity index (χ1n) is 6.54. The number of nitrogens with zero attached hydrogens (tertiary/aromatic N) is 1. The molecule has 1 fully saturated rings. The normalized spacial score (nSPS) is 15.3. The highest BCUT2D eigenvalue weighted by atomic mass is 16.4. The molecule has 4 heteroatoms. The molecule has 2 N–H and O–H groups in total. The Kier molecular flexibility index (Phi) is 4.71. The van der Waals surface area contributed by atoms with E-state index >= 15 is 0 Å². The number of aliphatic hydroxyl groups is 1. The van der Waals surface area contributed by atoms with Crippen LogP contribution in [0, 0.1) is 0 Å². The minimum atomic E-state index is -0.938. The van der Waals surface area contributed by atoms with Gasteiger partial charge in [0, 0.05) is 25.2 Å². The molecule has 4 nitrogen and oxygen atoms in total. The zero-order chi connectivity index (χ0) is 13.7. The standard InChI is InChI=1S/C15H19NO3/c17-10-9-16(14-6-7-14)11-13-3-1-12(2-4-13)5-8-15(18)19/h1-5,8,14,17H,6-7,9-11H2,(H,18,19)/b8-5+. The third-order valence-electron chi connectivity index (χ3n) is 3.23. The van der Waals surface area contributed by atoms with Crippen LogP contribution in [0.4, 0.5) is 0 Å². The maximum Gasteiger partial charge on any atom is 0.328 e. The summed E-state index contributed by atoms with van der Waals surface area (Å²) in [7, 11) is 0. The van der Waals surface area contributed by atoms with Gasteiger partial charge in [0.2, 0.25) is 0 Å². The van der Waals surface area contributed by atoms with E-state index < -0.39 is 5.97 Å². The van der Waals surface area contributed by atoms with Gasteiger partial charge in [0.25, 0.3) is 0 Å². The highest BCUT2D eigenvalue weighted by Gasteiger charge is 2.28. The number of aliphatic hydroxyl groups excluding tert-OH is 1.